The Morgan fingerprint density at radius 2 is 1.50 bits per heavy atom. The molecule has 2 aromatic rings. The molecule has 0 aliphatic rings. The molecule has 0 saturated carbocycles. The Bertz CT molecular complexity index is 673. The maximum absolute atomic E-state index is 13.8. The first kappa shape index (κ1) is 16.8. The van der Waals surface area contributed by atoms with E-state index in [2.05, 4.69) is 4.74 Å². The lowest BCUT2D eigenvalue weighted by molar-refractivity contribution is -0.187. The maximum Gasteiger partial charge on any atom is 0.482 e. The second-order valence-corrected chi connectivity index (χ2v) is 5.49. The molecule has 3 nitrogen and oxygen atoms in total. The van der Waals surface area contributed by atoms with E-state index < -0.39 is 12.0 Å². The highest BCUT2D eigenvalue weighted by atomic mass is 35.5. The second-order valence-electron chi connectivity index (χ2n) is 4.19. The van der Waals surface area contributed by atoms with Crippen molar-refractivity contribution in [3.63, 3.8) is 0 Å². The number of carbonyl (C=O) groups excluding carboxylic acids is 1. The summed E-state index contributed by atoms with van der Waals surface area (Å²) in [5, 5.41) is 2.74. The van der Waals surface area contributed by atoms with Gasteiger partial charge in [-0.1, -0.05) is 34.8 Å². The Labute approximate surface area is 139 Å². The minimum absolute atomic E-state index is 0.0295. The molecule has 0 aliphatic heterocycles. The van der Waals surface area contributed by atoms with Crippen LogP contribution in [0.15, 0.2) is 42.5 Å². The summed E-state index contributed by atoms with van der Waals surface area (Å²) in [5.41, 5.74) is 0.0295. The monoisotopic (exact) mass is 365 g/mol. The fourth-order valence-electron chi connectivity index (χ4n) is 1.53. The quantitative estimate of drug-likeness (QED) is 0.802. The first-order chi connectivity index (χ1) is 10.3. The van der Waals surface area contributed by atoms with Gasteiger partial charge in [-0.3, -0.25) is 4.79 Å². The minimum atomic E-state index is -4.08. The molecule has 1 amide bonds. The Kier molecular flexibility index (Phi) is 5.11. The fourth-order valence-corrected chi connectivity index (χ4v) is 2.18. The van der Waals surface area contributed by atoms with Gasteiger partial charge in [0.1, 0.15) is 5.75 Å². The fraction of sp³-hybridized carbons (Fsp3) is 0.0714. The van der Waals surface area contributed by atoms with E-state index in [1.54, 1.807) is 0 Å². The summed E-state index contributed by atoms with van der Waals surface area (Å²) < 4.78 is 31.9. The molecule has 0 bridgehead atoms. The van der Waals surface area contributed by atoms with Crippen LogP contribution in [0.5, 0.6) is 5.75 Å². The molecule has 0 spiro atoms. The molecule has 0 atom stereocenters. The number of benzene rings is 2. The Morgan fingerprint density at radius 3 is 2.05 bits per heavy atom. The van der Waals surface area contributed by atoms with Gasteiger partial charge in [0.05, 0.1) is 0 Å². The highest BCUT2D eigenvalue weighted by molar-refractivity contribution is 6.35. The van der Waals surface area contributed by atoms with Crippen LogP contribution in [-0.4, -0.2) is 12.0 Å². The maximum atomic E-state index is 13.8. The molecule has 0 fully saturated rings. The number of halogens is 5. The van der Waals surface area contributed by atoms with Gasteiger partial charge in [0.25, 0.3) is 0 Å². The van der Waals surface area contributed by atoms with Crippen LogP contribution in [0.2, 0.25) is 15.1 Å². The number of anilines is 1. The third-order valence-electron chi connectivity index (χ3n) is 2.44. The molecule has 0 unspecified atom stereocenters. The number of nitrogens with one attached hydrogen (secondary N) is 1. The average Bonchev–Trinajstić information content (AvgIpc) is 2.40. The molecule has 8 heteroatoms. The third-order valence-corrected chi connectivity index (χ3v) is 3.13. The topological polar surface area (TPSA) is 38.3 Å². The molecule has 0 radical (unpaired) electrons. The number of hydrogen-bond acceptors (Lipinski definition) is 2. The molecule has 0 aromatic heterocycles. The van der Waals surface area contributed by atoms with Crippen LogP contribution in [0.1, 0.15) is 0 Å². The van der Waals surface area contributed by atoms with Crippen molar-refractivity contribution in [2.45, 2.75) is 6.11 Å². The Morgan fingerprint density at radius 1 is 0.955 bits per heavy atom. The molecule has 2 aromatic carbocycles. The van der Waals surface area contributed by atoms with Gasteiger partial charge in [0.2, 0.25) is 0 Å². The van der Waals surface area contributed by atoms with Crippen molar-refractivity contribution in [3.05, 3.63) is 57.5 Å². The van der Waals surface area contributed by atoms with E-state index in [0.717, 1.165) is 0 Å². The summed E-state index contributed by atoms with van der Waals surface area (Å²) in [5.74, 6) is -1.85. The van der Waals surface area contributed by atoms with Gasteiger partial charge in [-0.05, 0) is 42.5 Å². The van der Waals surface area contributed by atoms with Crippen molar-refractivity contribution in [2.24, 2.45) is 0 Å². The molecule has 0 aliphatic carbocycles. The first-order valence-corrected chi connectivity index (χ1v) is 6.99. The van der Waals surface area contributed by atoms with Crippen molar-refractivity contribution in [1.82, 2.24) is 0 Å². The van der Waals surface area contributed by atoms with E-state index in [9.17, 15) is 13.6 Å². The van der Waals surface area contributed by atoms with E-state index in [-0.39, 0.29) is 21.5 Å². The van der Waals surface area contributed by atoms with Crippen LogP contribution < -0.4 is 10.1 Å². The van der Waals surface area contributed by atoms with Gasteiger partial charge in [-0.25, -0.2) is 0 Å². The van der Waals surface area contributed by atoms with Crippen molar-refractivity contribution in [3.8, 4) is 5.75 Å². The van der Waals surface area contributed by atoms with Gasteiger partial charge in [0, 0.05) is 20.8 Å². The first-order valence-electron chi connectivity index (χ1n) is 5.86. The van der Waals surface area contributed by atoms with E-state index in [1.165, 1.54) is 42.5 Å². The number of rotatable bonds is 4. The van der Waals surface area contributed by atoms with E-state index >= 15 is 0 Å². The van der Waals surface area contributed by atoms with Gasteiger partial charge in [-0.15, -0.1) is 0 Å². The summed E-state index contributed by atoms with van der Waals surface area (Å²) in [4.78, 5) is 11.6. The van der Waals surface area contributed by atoms with E-state index in [0.29, 0.717) is 5.02 Å². The van der Waals surface area contributed by atoms with Crippen molar-refractivity contribution < 1.29 is 18.3 Å². The van der Waals surface area contributed by atoms with Crippen LogP contribution in [0.3, 0.4) is 0 Å². The molecule has 0 saturated heterocycles. The third kappa shape index (κ3) is 4.47. The normalized spacial score (nSPS) is 11.1. The van der Waals surface area contributed by atoms with Crippen molar-refractivity contribution in [1.29, 1.82) is 0 Å². The van der Waals surface area contributed by atoms with Gasteiger partial charge < -0.3 is 10.1 Å². The Hall–Kier alpha value is -1.56. The van der Waals surface area contributed by atoms with Crippen LogP contribution in [-0.2, 0) is 4.79 Å². The predicted octanol–water partition coefficient (Wildman–Crippen LogP) is 5.26. The number of carbonyl (C=O) groups is 1. The van der Waals surface area contributed by atoms with Crippen LogP contribution in [0.4, 0.5) is 14.5 Å². The molecule has 2 rings (SSSR count). The zero-order valence-electron chi connectivity index (χ0n) is 10.7. The zero-order chi connectivity index (χ0) is 16.3. The molecule has 0 heterocycles. The lowest BCUT2D eigenvalue weighted by Crippen LogP contribution is -2.39. The van der Waals surface area contributed by atoms with E-state index in [4.69, 9.17) is 34.8 Å². The molecule has 116 valence electrons. The highest BCUT2D eigenvalue weighted by Gasteiger charge is 2.42. The molecular formula is C14H8Cl3F2NO2. The van der Waals surface area contributed by atoms with Crippen LogP contribution in [0.25, 0.3) is 0 Å². The molecule has 22 heavy (non-hydrogen) atoms. The number of alkyl halides is 2. The van der Waals surface area contributed by atoms with Crippen LogP contribution in [0, 0.1) is 0 Å². The summed E-state index contributed by atoms with van der Waals surface area (Å²) in [6, 6.07) is 9.14. The largest absolute Gasteiger partial charge is 0.482 e. The van der Waals surface area contributed by atoms with Crippen molar-refractivity contribution in [2.75, 3.05) is 5.32 Å². The Balaban J connectivity index is 2.11. The number of hydrogen-bond donors (Lipinski definition) is 1. The standard InChI is InChI=1S/C14H8Cl3F2NO2/c15-8-1-3-12(4-2-8)22-14(18,19)13(21)20-11-6-9(16)5-10(17)7-11/h1-7H,(H,20,21). The SMILES string of the molecule is O=C(Nc1cc(Cl)cc(Cl)c1)C(F)(F)Oc1ccc(Cl)cc1. The number of amides is 1. The summed E-state index contributed by atoms with van der Waals surface area (Å²) in [6.07, 6.45) is -4.08. The van der Waals surface area contributed by atoms with Gasteiger partial charge in [-0.2, -0.15) is 8.78 Å². The summed E-state index contributed by atoms with van der Waals surface area (Å²) in [6.45, 7) is 0. The van der Waals surface area contributed by atoms with E-state index in [1.807, 2.05) is 5.32 Å². The second kappa shape index (κ2) is 6.69. The molecule has 1 N–H and O–H groups in total. The zero-order valence-corrected chi connectivity index (χ0v) is 13.0. The summed E-state index contributed by atoms with van der Waals surface area (Å²) in [7, 11) is 0. The minimum Gasteiger partial charge on any atom is -0.425 e. The van der Waals surface area contributed by atoms with Crippen molar-refractivity contribution >= 4 is 46.4 Å². The number of ether oxygens (including phenoxy) is 1. The predicted molar refractivity (Wildman–Crippen MR) is 82.1 cm³/mol. The van der Waals surface area contributed by atoms with Gasteiger partial charge >= 0.3 is 12.0 Å². The average molecular weight is 367 g/mol. The lowest BCUT2D eigenvalue weighted by Gasteiger charge is -2.17. The lowest BCUT2D eigenvalue weighted by atomic mass is 10.3. The highest BCUT2D eigenvalue weighted by Crippen LogP contribution is 2.27. The molecular weight excluding hydrogens is 359 g/mol. The van der Waals surface area contributed by atoms with Gasteiger partial charge in [0.15, 0.2) is 0 Å². The smallest absolute Gasteiger partial charge is 0.425 e. The summed E-state index contributed by atoms with van der Waals surface area (Å²) >= 11 is 17.1. The van der Waals surface area contributed by atoms with Crippen LogP contribution >= 0.6 is 34.8 Å².